The zero-order valence-electron chi connectivity index (χ0n) is 16.1. The van der Waals surface area contributed by atoms with E-state index in [2.05, 4.69) is 6.92 Å². The Labute approximate surface area is 164 Å². The van der Waals surface area contributed by atoms with E-state index in [9.17, 15) is 14.4 Å². The fraction of sp³-hybridized carbons (Fsp3) is 0.667. The highest BCUT2D eigenvalue weighted by molar-refractivity contribution is 7.99. The molecule has 27 heavy (non-hydrogen) atoms. The van der Waals surface area contributed by atoms with Crippen LogP contribution in [0.3, 0.4) is 0 Å². The molecular weight excluding hydrogens is 392 g/mol. The molecule has 2 N–H and O–H groups in total. The number of hydrogen-bond donors (Lipinski definition) is 2. The van der Waals surface area contributed by atoms with Gasteiger partial charge in [0.1, 0.15) is 31.6 Å². The number of rotatable bonds is 9. The Balaban J connectivity index is 2.35. The number of nitrogens with zero attached hydrogens (tertiary/aromatic N) is 1. The average molecular weight is 422 g/mol. The lowest BCUT2D eigenvalue weighted by Crippen LogP contribution is -2.60. The van der Waals surface area contributed by atoms with Gasteiger partial charge in [-0.1, -0.05) is 30.1 Å². The minimum atomic E-state index is -4.71. The summed E-state index contributed by atoms with van der Waals surface area (Å²) in [5.74, 6) is 0.914. The number of likely N-dealkylation sites (N-methyl/N-ethyl adjacent to an activating group) is 1. The van der Waals surface area contributed by atoms with Crippen molar-refractivity contribution in [2.75, 3.05) is 32.5 Å². The number of benzene rings is 1. The predicted molar refractivity (Wildman–Crippen MR) is 105 cm³/mol. The average Bonchev–Trinajstić information content (AvgIpc) is 2.63. The summed E-state index contributed by atoms with van der Waals surface area (Å²) >= 11 is 1.53. The van der Waals surface area contributed by atoms with Crippen LogP contribution in [0.2, 0.25) is 0 Å². The molecule has 0 aliphatic carbocycles. The van der Waals surface area contributed by atoms with Crippen molar-refractivity contribution < 1.29 is 32.7 Å². The van der Waals surface area contributed by atoms with Gasteiger partial charge in [-0.15, -0.1) is 11.8 Å². The van der Waals surface area contributed by atoms with E-state index in [-0.39, 0.29) is 17.7 Å². The number of quaternary nitrogens is 1. The van der Waals surface area contributed by atoms with Crippen LogP contribution in [0.25, 0.3) is 0 Å². The first-order valence-corrected chi connectivity index (χ1v) is 11.8. The van der Waals surface area contributed by atoms with Crippen LogP contribution in [0.4, 0.5) is 4.39 Å². The molecule has 0 spiro atoms. The number of methoxy groups -OCH3 is 1. The third-order valence-corrected chi connectivity index (χ3v) is 6.91. The van der Waals surface area contributed by atoms with Gasteiger partial charge in [0.15, 0.2) is 0 Å². The highest BCUT2D eigenvalue weighted by Crippen LogP contribution is 2.46. The van der Waals surface area contributed by atoms with E-state index in [1.165, 1.54) is 11.8 Å². The van der Waals surface area contributed by atoms with Crippen molar-refractivity contribution in [2.24, 2.45) is 0 Å². The van der Waals surface area contributed by atoms with E-state index in [0.29, 0.717) is 12.3 Å². The van der Waals surface area contributed by atoms with E-state index >= 15 is 4.39 Å². The molecule has 0 amide bonds. The molecule has 0 radical (unpaired) electrons. The van der Waals surface area contributed by atoms with Crippen LogP contribution in [-0.2, 0) is 9.19 Å². The Kier molecular flexibility index (Phi) is 8.16. The van der Waals surface area contributed by atoms with E-state index < -0.39 is 25.2 Å². The quantitative estimate of drug-likeness (QED) is 0.357. The number of thioether (sulfide) groups is 1. The summed E-state index contributed by atoms with van der Waals surface area (Å²) < 4.78 is 37.2. The number of hydroxylamine groups is 3. The highest BCUT2D eigenvalue weighted by Gasteiger charge is 2.51. The summed E-state index contributed by atoms with van der Waals surface area (Å²) in [5, 5.41) is -0.395. The van der Waals surface area contributed by atoms with Gasteiger partial charge < -0.3 is 4.74 Å². The second kappa shape index (κ2) is 9.72. The number of piperidine rings is 1. The Hall–Kier alpha value is -0.630. The van der Waals surface area contributed by atoms with Crippen LogP contribution >= 0.6 is 19.6 Å². The molecule has 9 heteroatoms. The van der Waals surface area contributed by atoms with Gasteiger partial charge in [-0.25, -0.2) is 8.96 Å². The second-order valence-corrected chi connectivity index (χ2v) is 9.39. The van der Waals surface area contributed by atoms with Crippen LogP contribution < -0.4 is 4.74 Å². The maximum atomic E-state index is 15.5. The van der Waals surface area contributed by atoms with Crippen LogP contribution in [0.15, 0.2) is 24.3 Å². The lowest BCUT2D eigenvalue weighted by atomic mass is 9.88. The number of alkyl halides is 1. The molecule has 1 aliphatic rings. The molecule has 0 saturated carbocycles. The van der Waals surface area contributed by atoms with Crippen LogP contribution in [0.5, 0.6) is 5.75 Å². The van der Waals surface area contributed by atoms with E-state index in [0.717, 1.165) is 24.2 Å². The number of unbranched alkanes of at least 4 members (excludes halogenated alkanes) is 1. The second-order valence-electron chi connectivity index (χ2n) is 6.90. The minimum absolute atomic E-state index is 0.167. The van der Waals surface area contributed by atoms with Crippen LogP contribution in [0.1, 0.15) is 38.2 Å². The maximum absolute atomic E-state index is 15.5. The normalized spacial score (nSPS) is 28.9. The van der Waals surface area contributed by atoms with Crippen molar-refractivity contribution in [3.63, 3.8) is 0 Å². The Morgan fingerprint density at radius 2 is 2.07 bits per heavy atom. The molecule has 1 aromatic rings. The Bertz CT molecular complexity index is 660. The largest absolute Gasteiger partial charge is 0.515 e. The fourth-order valence-corrected chi connectivity index (χ4v) is 5.72. The van der Waals surface area contributed by atoms with Crippen molar-refractivity contribution >= 4 is 19.6 Å². The molecular formula is C18H30FNO5PS+. The van der Waals surface area contributed by atoms with Gasteiger partial charge in [0.05, 0.1) is 18.3 Å². The number of hydrogen-bond acceptors (Lipinski definition) is 4. The molecule has 6 nitrogen and oxygen atoms in total. The smallest absolute Gasteiger partial charge is 0.497 e. The molecule has 154 valence electrons. The van der Waals surface area contributed by atoms with E-state index in [1.54, 1.807) is 25.3 Å². The van der Waals surface area contributed by atoms with Gasteiger partial charge in [-0.3, -0.25) is 9.79 Å². The molecule has 1 heterocycles. The molecule has 4 unspecified atom stereocenters. The summed E-state index contributed by atoms with van der Waals surface area (Å²) in [5.41, 5.74) is 0.757. The summed E-state index contributed by atoms with van der Waals surface area (Å²) in [6.45, 7) is 4.64. The molecule has 0 bridgehead atoms. The SMILES string of the molecule is CCCCSC1C[N+](CC)(OP(=O)(O)O)CC(c2cccc(OC)c2)C1F. The van der Waals surface area contributed by atoms with Gasteiger partial charge in [-0.05, 0) is 36.8 Å². The predicted octanol–water partition coefficient (Wildman–Crippen LogP) is 3.89. The fourth-order valence-electron chi connectivity index (χ4n) is 3.51. The first-order valence-electron chi connectivity index (χ1n) is 9.26. The highest BCUT2D eigenvalue weighted by atomic mass is 32.2. The Morgan fingerprint density at radius 1 is 1.33 bits per heavy atom. The van der Waals surface area contributed by atoms with E-state index in [1.807, 2.05) is 13.0 Å². The first-order chi connectivity index (χ1) is 12.7. The molecule has 1 aliphatic heterocycles. The number of likely N-dealkylation sites (tertiary alicyclic amines) is 1. The first kappa shape index (κ1) is 22.7. The molecule has 2 rings (SSSR count). The van der Waals surface area contributed by atoms with Gasteiger partial charge in [0, 0.05) is 0 Å². The summed E-state index contributed by atoms with van der Waals surface area (Å²) in [6, 6.07) is 7.22. The van der Waals surface area contributed by atoms with Gasteiger partial charge in [0.25, 0.3) is 0 Å². The van der Waals surface area contributed by atoms with Crippen molar-refractivity contribution in [2.45, 2.75) is 44.0 Å². The third-order valence-electron chi connectivity index (χ3n) is 4.99. The van der Waals surface area contributed by atoms with Crippen molar-refractivity contribution in [3.8, 4) is 5.75 Å². The van der Waals surface area contributed by atoms with Gasteiger partial charge >= 0.3 is 7.82 Å². The standard InChI is InChI=1S/C18H29FNO5PS/c1-4-6-10-27-17-13-20(5-2,25-26(21,22)23)12-16(18(17)19)14-8-7-9-15(11-14)24-3/h7-9,11,16-18H,4-6,10,12-13H2,1-3H3,(H-,21,22,23)/p+1. The number of ether oxygens (including phenoxy) is 1. The lowest BCUT2D eigenvalue weighted by molar-refractivity contribution is -1.09. The minimum Gasteiger partial charge on any atom is -0.497 e. The van der Waals surface area contributed by atoms with Crippen LogP contribution in [-0.4, -0.2) is 58.4 Å². The molecule has 4 atom stereocenters. The maximum Gasteiger partial charge on any atom is 0.515 e. The molecule has 0 aromatic heterocycles. The zero-order chi connectivity index (χ0) is 20.1. The summed E-state index contributed by atoms with van der Waals surface area (Å²) in [6.07, 6.45) is 0.864. The topological polar surface area (TPSA) is 76.0 Å². The molecule has 1 aromatic carbocycles. The number of halogens is 1. The van der Waals surface area contributed by atoms with Crippen molar-refractivity contribution in [1.29, 1.82) is 0 Å². The van der Waals surface area contributed by atoms with Gasteiger partial charge in [0.2, 0.25) is 0 Å². The van der Waals surface area contributed by atoms with E-state index in [4.69, 9.17) is 9.36 Å². The summed E-state index contributed by atoms with van der Waals surface area (Å²) in [7, 11) is -3.16. The zero-order valence-corrected chi connectivity index (χ0v) is 17.8. The number of phosphoric acid groups is 1. The molecule has 1 saturated heterocycles. The van der Waals surface area contributed by atoms with Crippen molar-refractivity contribution in [1.82, 2.24) is 0 Å². The monoisotopic (exact) mass is 422 g/mol. The third kappa shape index (κ3) is 6.17. The molecule has 1 fully saturated rings. The van der Waals surface area contributed by atoms with Crippen LogP contribution in [0, 0.1) is 0 Å². The Morgan fingerprint density at radius 3 is 2.67 bits per heavy atom. The summed E-state index contributed by atoms with van der Waals surface area (Å²) in [4.78, 5) is 18.8. The van der Waals surface area contributed by atoms with Gasteiger partial charge in [-0.2, -0.15) is 4.65 Å². The van der Waals surface area contributed by atoms with Crippen molar-refractivity contribution in [3.05, 3.63) is 29.8 Å². The lowest BCUT2D eigenvalue weighted by Gasteiger charge is -2.45.